The Morgan fingerprint density at radius 2 is 1.53 bits per heavy atom. The zero-order chi connectivity index (χ0) is 11.8. The van der Waals surface area contributed by atoms with Gasteiger partial charge in [0.25, 0.3) is 0 Å². The predicted molar refractivity (Wildman–Crippen MR) is 69.2 cm³/mol. The Kier molecular flexibility index (Phi) is 3.42. The van der Waals surface area contributed by atoms with Crippen LogP contribution in [0.15, 0.2) is 0 Å². The summed E-state index contributed by atoms with van der Waals surface area (Å²) in [6, 6.07) is 2.18. The molecule has 3 aliphatic heterocycles. The average Bonchev–Trinajstić information content (AvgIpc) is 2.30. The maximum Gasteiger partial charge on any atom is 0.0623 e. The Balaban J connectivity index is 1.61. The Bertz CT molecular complexity index is 249. The van der Waals surface area contributed by atoms with E-state index in [1.54, 1.807) is 0 Å². The van der Waals surface area contributed by atoms with Crippen LogP contribution in [0.25, 0.3) is 0 Å². The molecule has 0 N–H and O–H groups in total. The van der Waals surface area contributed by atoms with E-state index in [1.165, 1.54) is 38.8 Å². The lowest BCUT2D eigenvalue weighted by atomic mass is 9.87. The molecular weight excluding hydrogens is 212 g/mol. The molecule has 0 spiro atoms. The quantitative estimate of drug-likeness (QED) is 0.690. The van der Waals surface area contributed by atoms with Crippen molar-refractivity contribution in [1.82, 2.24) is 9.80 Å². The summed E-state index contributed by atoms with van der Waals surface area (Å²) in [6.45, 7) is 6.96. The van der Waals surface area contributed by atoms with Gasteiger partial charge in [-0.3, -0.25) is 4.90 Å². The number of piperidine rings is 2. The fourth-order valence-corrected chi connectivity index (χ4v) is 3.76. The SMILES string of the molecule is CC1CCN(C2CC3COCC(C2)N3C)CC1. The summed E-state index contributed by atoms with van der Waals surface area (Å²) in [6.07, 6.45) is 5.44. The van der Waals surface area contributed by atoms with Gasteiger partial charge in [0.1, 0.15) is 0 Å². The summed E-state index contributed by atoms with van der Waals surface area (Å²) in [4.78, 5) is 5.32. The van der Waals surface area contributed by atoms with Gasteiger partial charge in [-0.05, 0) is 51.7 Å². The first-order valence-corrected chi connectivity index (χ1v) is 7.27. The molecule has 0 amide bonds. The van der Waals surface area contributed by atoms with Crippen LogP contribution in [0.2, 0.25) is 0 Å². The van der Waals surface area contributed by atoms with E-state index in [4.69, 9.17) is 4.74 Å². The molecule has 3 nitrogen and oxygen atoms in total. The van der Waals surface area contributed by atoms with Crippen LogP contribution in [0.4, 0.5) is 0 Å². The standard InChI is InChI=1S/C14H26N2O/c1-11-3-5-16(6-4-11)12-7-13-9-17-10-14(8-12)15(13)2/h11-14H,3-10H2,1-2H3. The van der Waals surface area contributed by atoms with E-state index in [1.807, 2.05) is 0 Å². The van der Waals surface area contributed by atoms with E-state index < -0.39 is 0 Å². The molecule has 3 aliphatic rings. The Hall–Kier alpha value is -0.120. The number of hydrogen-bond acceptors (Lipinski definition) is 3. The molecule has 2 unspecified atom stereocenters. The van der Waals surface area contributed by atoms with Crippen LogP contribution in [-0.4, -0.2) is 61.3 Å². The maximum absolute atomic E-state index is 5.70. The minimum absolute atomic E-state index is 0.673. The minimum Gasteiger partial charge on any atom is -0.378 e. The molecule has 2 bridgehead atoms. The van der Waals surface area contributed by atoms with Crippen molar-refractivity contribution in [3.05, 3.63) is 0 Å². The normalized spacial score (nSPS) is 41.6. The van der Waals surface area contributed by atoms with E-state index in [2.05, 4.69) is 23.8 Å². The topological polar surface area (TPSA) is 15.7 Å². The van der Waals surface area contributed by atoms with Crippen molar-refractivity contribution in [2.45, 2.75) is 50.7 Å². The van der Waals surface area contributed by atoms with Gasteiger partial charge in [0.2, 0.25) is 0 Å². The molecule has 3 heteroatoms. The van der Waals surface area contributed by atoms with Gasteiger partial charge in [0.15, 0.2) is 0 Å². The number of hydrogen-bond donors (Lipinski definition) is 0. The molecule has 0 radical (unpaired) electrons. The monoisotopic (exact) mass is 238 g/mol. The van der Waals surface area contributed by atoms with Crippen LogP contribution in [0.3, 0.4) is 0 Å². The summed E-state index contributed by atoms with van der Waals surface area (Å²) in [5, 5.41) is 0. The Labute approximate surface area is 105 Å². The van der Waals surface area contributed by atoms with Crippen molar-refractivity contribution in [2.75, 3.05) is 33.4 Å². The number of likely N-dealkylation sites (N-methyl/N-ethyl adjacent to an activating group) is 1. The van der Waals surface area contributed by atoms with Gasteiger partial charge < -0.3 is 9.64 Å². The van der Waals surface area contributed by atoms with Gasteiger partial charge in [-0.25, -0.2) is 0 Å². The van der Waals surface area contributed by atoms with Gasteiger partial charge in [-0.2, -0.15) is 0 Å². The smallest absolute Gasteiger partial charge is 0.0623 e. The Morgan fingerprint density at radius 1 is 0.941 bits per heavy atom. The highest BCUT2D eigenvalue weighted by Gasteiger charge is 2.39. The zero-order valence-electron chi connectivity index (χ0n) is 11.3. The first-order chi connectivity index (χ1) is 8.24. The second-order valence-electron chi connectivity index (χ2n) is 6.35. The lowest BCUT2D eigenvalue weighted by Crippen LogP contribution is -2.59. The number of rotatable bonds is 1. The van der Waals surface area contributed by atoms with Crippen molar-refractivity contribution in [2.24, 2.45) is 5.92 Å². The summed E-state index contributed by atoms with van der Waals surface area (Å²) >= 11 is 0. The van der Waals surface area contributed by atoms with Gasteiger partial charge in [-0.1, -0.05) is 6.92 Å². The van der Waals surface area contributed by atoms with E-state index in [0.717, 1.165) is 25.2 Å². The van der Waals surface area contributed by atoms with Crippen LogP contribution >= 0.6 is 0 Å². The van der Waals surface area contributed by atoms with Crippen molar-refractivity contribution in [1.29, 1.82) is 0 Å². The number of likely N-dealkylation sites (tertiary alicyclic amines) is 1. The van der Waals surface area contributed by atoms with Crippen molar-refractivity contribution in [3.63, 3.8) is 0 Å². The van der Waals surface area contributed by atoms with E-state index >= 15 is 0 Å². The highest BCUT2D eigenvalue weighted by Crippen LogP contribution is 2.31. The number of nitrogens with zero attached hydrogens (tertiary/aromatic N) is 2. The van der Waals surface area contributed by atoms with Crippen LogP contribution in [-0.2, 0) is 4.74 Å². The molecule has 0 aromatic carbocycles. The molecule has 0 saturated carbocycles. The molecule has 3 heterocycles. The van der Waals surface area contributed by atoms with Gasteiger partial charge >= 0.3 is 0 Å². The third kappa shape index (κ3) is 2.38. The highest BCUT2D eigenvalue weighted by atomic mass is 16.5. The molecule has 3 saturated heterocycles. The van der Waals surface area contributed by atoms with Crippen molar-refractivity contribution < 1.29 is 4.74 Å². The molecule has 0 aromatic heterocycles. The number of morpholine rings is 1. The molecule has 98 valence electrons. The summed E-state index contributed by atoms with van der Waals surface area (Å²) in [5.74, 6) is 0.945. The van der Waals surface area contributed by atoms with Crippen LogP contribution in [0.5, 0.6) is 0 Å². The number of fused-ring (bicyclic) bond motifs is 2. The molecule has 0 aromatic rings. The van der Waals surface area contributed by atoms with Gasteiger partial charge in [0, 0.05) is 18.1 Å². The summed E-state index contributed by atoms with van der Waals surface area (Å²) in [7, 11) is 2.28. The maximum atomic E-state index is 5.70. The first-order valence-electron chi connectivity index (χ1n) is 7.27. The van der Waals surface area contributed by atoms with Crippen molar-refractivity contribution in [3.8, 4) is 0 Å². The zero-order valence-corrected chi connectivity index (χ0v) is 11.3. The van der Waals surface area contributed by atoms with Crippen molar-refractivity contribution >= 4 is 0 Å². The van der Waals surface area contributed by atoms with E-state index in [0.29, 0.717) is 12.1 Å². The fourth-order valence-electron chi connectivity index (χ4n) is 3.76. The largest absolute Gasteiger partial charge is 0.378 e. The average molecular weight is 238 g/mol. The fraction of sp³-hybridized carbons (Fsp3) is 1.00. The molecule has 2 atom stereocenters. The van der Waals surface area contributed by atoms with E-state index in [-0.39, 0.29) is 0 Å². The van der Waals surface area contributed by atoms with Crippen LogP contribution in [0, 0.1) is 5.92 Å². The number of ether oxygens (including phenoxy) is 1. The molecule has 3 fully saturated rings. The third-order valence-electron chi connectivity index (χ3n) is 5.20. The van der Waals surface area contributed by atoms with Gasteiger partial charge in [0.05, 0.1) is 13.2 Å². The van der Waals surface area contributed by atoms with Crippen LogP contribution in [0.1, 0.15) is 32.6 Å². The third-order valence-corrected chi connectivity index (χ3v) is 5.20. The molecular formula is C14H26N2O. The lowest BCUT2D eigenvalue weighted by molar-refractivity contribution is -0.0854. The first kappa shape index (κ1) is 11.9. The predicted octanol–water partition coefficient (Wildman–Crippen LogP) is 1.58. The molecule has 3 rings (SSSR count). The Morgan fingerprint density at radius 3 is 2.12 bits per heavy atom. The van der Waals surface area contributed by atoms with E-state index in [9.17, 15) is 0 Å². The minimum atomic E-state index is 0.673. The van der Waals surface area contributed by atoms with Crippen LogP contribution < -0.4 is 0 Å². The summed E-state index contributed by atoms with van der Waals surface area (Å²) < 4.78 is 5.70. The van der Waals surface area contributed by atoms with Gasteiger partial charge in [-0.15, -0.1) is 0 Å². The second-order valence-corrected chi connectivity index (χ2v) is 6.35. The highest BCUT2D eigenvalue weighted by molar-refractivity contribution is 4.94. The molecule has 17 heavy (non-hydrogen) atoms. The lowest BCUT2D eigenvalue weighted by Gasteiger charge is -2.50. The second kappa shape index (κ2) is 4.87. The molecule has 0 aliphatic carbocycles. The summed E-state index contributed by atoms with van der Waals surface area (Å²) in [5.41, 5.74) is 0.